The van der Waals surface area contributed by atoms with Gasteiger partial charge >= 0.3 is 0 Å². The first-order valence-corrected chi connectivity index (χ1v) is 7.48. The fourth-order valence-corrected chi connectivity index (χ4v) is 3.20. The molecule has 0 aliphatic carbocycles. The molecule has 96 valence electrons. The molecule has 0 fully saturated rings. The average Bonchev–Trinajstić information content (AvgIpc) is 2.27. The van der Waals surface area contributed by atoms with E-state index in [1.54, 1.807) is 18.2 Å². The van der Waals surface area contributed by atoms with Crippen LogP contribution in [-0.4, -0.2) is 20.7 Å². The van der Waals surface area contributed by atoms with Crippen molar-refractivity contribution >= 4 is 21.4 Å². The molecular weight excluding hydrogens is 258 g/mol. The molecule has 1 aromatic carbocycles. The van der Waals surface area contributed by atoms with E-state index in [1.807, 2.05) is 13.8 Å². The van der Waals surface area contributed by atoms with Gasteiger partial charge in [-0.2, -0.15) is 0 Å². The maximum atomic E-state index is 12.0. The summed E-state index contributed by atoms with van der Waals surface area (Å²) in [5.74, 6) is 0.0948. The fourth-order valence-electron chi connectivity index (χ4n) is 1.29. The molecule has 1 aromatic rings. The van der Waals surface area contributed by atoms with E-state index in [2.05, 4.69) is 0 Å². The van der Waals surface area contributed by atoms with Crippen LogP contribution in [0.2, 0.25) is 5.02 Å². The Labute approximate surface area is 108 Å². The van der Waals surface area contributed by atoms with Crippen LogP contribution in [0.5, 0.6) is 0 Å². The van der Waals surface area contributed by atoms with E-state index in [-0.39, 0.29) is 16.1 Å². The molecule has 0 atom stereocenters. The lowest BCUT2D eigenvalue weighted by atomic mass is 9.91. The van der Waals surface area contributed by atoms with Gasteiger partial charge in [0.15, 0.2) is 9.84 Å². The number of hydrogen-bond donors (Lipinski definition) is 1. The zero-order valence-corrected chi connectivity index (χ0v) is 11.7. The second-order valence-electron chi connectivity index (χ2n) is 4.89. The maximum absolute atomic E-state index is 12.0. The predicted molar refractivity (Wildman–Crippen MR) is 71.0 cm³/mol. The molecule has 0 spiro atoms. The zero-order valence-electron chi connectivity index (χ0n) is 10.1. The van der Waals surface area contributed by atoms with E-state index in [4.69, 9.17) is 17.3 Å². The Morgan fingerprint density at radius 2 is 2.00 bits per heavy atom. The molecule has 0 aliphatic heterocycles. The molecule has 1 rings (SSSR count). The van der Waals surface area contributed by atoms with Gasteiger partial charge in [0.25, 0.3) is 0 Å². The van der Waals surface area contributed by atoms with Gasteiger partial charge in [-0.15, -0.1) is 0 Å². The van der Waals surface area contributed by atoms with Crippen molar-refractivity contribution in [3.63, 3.8) is 0 Å². The number of halogens is 1. The van der Waals surface area contributed by atoms with Gasteiger partial charge in [0, 0.05) is 5.02 Å². The van der Waals surface area contributed by atoms with Crippen molar-refractivity contribution in [2.75, 3.05) is 12.3 Å². The van der Waals surface area contributed by atoms with Crippen molar-refractivity contribution in [3.05, 3.63) is 29.3 Å². The molecule has 0 radical (unpaired) electrons. The van der Waals surface area contributed by atoms with Crippen molar-refractivity contribution in [3.8, 4) is 0 Å². The summed E-state index contributed by atoms with van der Waals surface area (Å²) in [6.45, 7) is 4.39. The fraction of sp³-hybridized carbons (Fsp3) is 0.500. The van der Waals surface area contributed by atoms with Crippen LogP contribution in [0.25, 0.3) is 0 Å². The summed E-state index contributed by atoms with van der Waals surface area (Å²) in [5.41, 5.74) is 5.42. The standard InChI is InChI=1S/C12H18ClNO2S/c1-12(2,9-14)6-7-17(15,16)11-5-3-4-10(13)8-11/h3-5,8H,6-7,9,14H2,1-2H3. The summed E-state index contributed by atoms with van der Waals surface area (Å²) in [6, 6.07) is 6.34. The van der Waals surface area contributed by atoms with E-state index in [0.717, 1.165) is 0 Å². The van der Waals surface area contributed by atoms with E-state index < -0.39 is 9.84 Å². The molecule has 0 unspecified atom stereocenters. The number of benzene rings is 1. The molecule has 3 nitrogen and oxygen atoms in total. The molecule has 0 saturated carbocycles. The monoisotopic (exact) mass is 275 g/mol. The lowest BCUT2D eigenvalue weighted by Crippen LogP contribution is -2.26. The molecule has 0 aromatic heterocycles. The van der Waals surface area contributed by atoms with Crippen LogP contribution in [0.15, 0.2) is 29.2 Å². The summed E-state index contributed by atoms with van der Waals surface area (Å²) >= 11 is 5.78. The van der Waals surface area contributed by atoms with Crippen LogP contribution in [-0.2, 0) is 9.84 Å². The highest BCUT2D eigenvalue weighted by molar-refractivity contribution is 7.91. The minimum Gasteiger partial charge on any atom is -0.330 e. The van der Waals surface area contributed by atoms with E-state index in [9.17, 15) is 8.42 Å². The van der Waals surface area contributed by atoms with Crippen molar-refractivity contribution in [1.29, 1.82) is 0 Å². The largest absolute Gasteiger partial charge is 0.330 e. The van der Waals surface area contributed by atoms with Gasteiger partial charge in [0.1, 0.15) is 0 Å². The molecule has 0 amide bonds. The predicted octanol–water partition coefficient (Wildman–Crippen LogP) is 2.49. The van der Waals surface area contributed by atoms with Crippen LogP contribution in [0.4, 0.5) is 0 Å². The van der Waals surface area contributed by atoms with Gasteiger partial charge in [-0.3, -0.25) is 0 Å². The topological polar surface area (TPSA) is 60.2 Å². The van der Waals surface area contributed by atoms with Gasteiger partial charge in [-0.25, -0.2) is 8.42 Å². The van der Waals surface area contributed by atoms with E-state index >= 15 is 0 Å². The third kappa shape index (κ3) is 4.30. The average molecular weight is 276 g/mol. The number of sulfone groups is 1. The van der Waals surface area contributed by atoms with Crippen LogP contribution < -0.4 is 5.73 Å². The Hall–Kier alpha value is -0.580. The van der Waals surface area contributed by atoms with Crippen LogP contribution in [0.3, 0.4) is 0 Å². The summed E-state index contributed by atoms with van der Waals surface area (Å²) < 4.78 is 24.1. The minimum atomic E-state index is -3.27. The zero-order chi connectivity index (χ0) is 13.1. The highest BCUT2D eigenvalue weighted by atomic mass is 35.5. The second-order valence-corrected chi connectivity index (χ2v) is 7.44. The number of nitrogens with two attached hydrogens (primary N) is 1. The van der Waals surface area contributed by atoms with Crippen LogP contribution in [0, 0.1) is 5.41 Å². The molecule has 17 heavy (non-hydrogen) atoms. The lowest BCUT2D eigenvalue weighted by Gasteiger charge is -2.21. The first-order chi connectivity index (χ1) is 7.77. The second kappa shape index (κ2) is 5.38. The van der Waals surface area contributed by atoms with E-state index in [1.165, 1.54) is 6.07 Å². The minimum absolute atomic E-state index is 0.0948. The normalized spacial score (nSPS) is 12.7. The Kier molecular flexibility index (Phi) is 4.58. The highest BCUT2D eigenvalue weighted by Gasteiger charge is 2.21. The van der Waals surface area contributed by atoms with Crippen molar-refractivity contribution in [2.45, 2.75) is 25.2 Å². The highest BCUT2D eigenvalue weighted by Crippen LogP contribution is 2.23. The first-order valence-electron chi connectivity index (χ1n) is 5.45. The van der Waals surface area contributed by atoms with Gasteiger partial charge in [0.05, 0.1) is 10.6 Å². The molecule has 0 heterocycles. The summed E-state index contributed by atoms with van der Waals surface area (Å²) in [4.78, 5) is 0.276. The van der Waals surface area contributed by atoms with Gasteiger partial charge < -0.3 is 5.73 Å². The lowest BCUT2D eigenvalue weighted by molar-refractivity contribution is 0.365. The van der Waals surface area contributed by atoms with E-state index in [0.29, 0.717) is 18.0 Å². The van der Waals surface area contributed by atoms with Crippen molar-refractivity contribution in [2.24, 2.45) is 11.1 Å². The third-order valence-electron chi connectivity index (χ3n) is 2.76. The first kappa shape index (κ1) is 14.5. The Morgan fingerprint density at radius 3 is 2.53 bits per heavy atom. The molecular formula is C12H18ClNO2S. The molecule has 5 heteroatoms. The Bertz CT molecular complexity index is 483. The third-order valence-corrected chi connectivity index (χ3v) is 4.70. The number of rotatable bonds is 5. The molecule has 2 N–H and O–H groups in total. The summed E-state index contributed by atoms with van der Waals surface area (Å²) in [6.07, 6.45) is 0.540. The SMILES string of the molecule is CC(C)(CN)CCS(=O)(=O)c1cccc(Cl)c1. The summed E-state index contributed by atoms with van der Waals surface area (Å²) in [7, 11) is -3.27. The molecule has 0 bridgehead atoms. The van der Waals surface area contributed by atoms with Crippen LogP contribution in [0.1, 0.15) is 20.3 Å². The van der Waals surface area contributed by atoms with Gasteiger partial charge in [-0.1, -0.05) is 31.5 Å². The van der Waals surface area contributed by atoms with Gasteiger partial charge in [-0.05, 0) is 36.6 Å². The van der Waals surface area contributed by atoms with Crippen molar-refractivity contribution in [1.82, 2.24) is 0 Å². The van der Waals surface area contributed by atoms with Crippen LogP contribution >= 0.6 is 11.6 Å². The van der Waals surface area contributed by atoms with Crippen molar-refractivity contribution < 1.29 is 8.42 Å². The Balaban J connectivity index is 2.83. The van der Waals surface area contributed by atoms with Gasteiger partial charge in [0.2, 0.25) is 0 Å². The quantitative estimate of drug-likeness (QED) is 0.898. The maximum Gasteiger partial charge on any atom is 0.178 e. The summed E-state index contributed by atoms with van der Waals surface area (Å²) in [5, 5.41) is 0.434. The molecule has 0 aliphatic rings. The Morgan fingerprint density at radius 1 is 1.35 bits per heavy atom. The number of hydrogen-bond acceptors (Lipinski definition) is 3. The molecule has 0 saturated heterocycles. The smallest absolute Gasteiger partial charge is 0.178 e.